The molecule has 2 aromatic carbocycles. The zero-order chi connectivity index (χ0) is 28.0. The molecule has 0 aliphatic carbocycles. The predicted molar refractivity (Wildman–Crippen MR) is 148 cm³/mol. The molecule has 0 spiro atoms. The van der Waals surface area contributed by atoms with Crippen molar-refractivity contribution in [1.82, 2.24) is 4.98 Å². The number of phenols is 1. The van der Waals surface area contributed by atoms with Crippen molar-refractivity contribution in [1.29, 1.82) is 0 Å². The van der Waals surface area contributed by atoms with Gasteiger partial charge in [0.1, 0.15) is 11.6 Å². The molecule has 38 heavy (non-hydrogen) atoms. The standard InChI is InChI=1S/C30H35N3O5/c1-28(2,3)19-15-17(16-20(24(19)34)29(4,5)6)32-25(23-26(35)37-30(7,8)38-27(23)36)33-22-13-9-12-21-18(22)11-10-14-31-21/h9-16,23,34H,1-8H3,(H,32,33). The van der Waals surface area contributed by atoms with E-state index in [0.29, 0.717) is 11.4 Å². The first-order valence-electron chi connectivity index (χ1n) is 12.6. The van der Waals surface area contributed by atoms with Gasteiger partial charge < -0.3 is 19.9 Å². The van der Waals surface area contributed by atoms with Gasteiger partial charge in [-0.3, -0.25) is 14.6 Å². The molecule has 0 unspecified atom stereocenters. The Balaban J connectivity index is 1.91. The Morgan fingerprint density at radius 2 is 1.53 bits per heavy atom. The van der Waals surface area contributed by atoms with E-state index in [-0.39, 0.29) is 22.4 Å². The van der Waals surface area contributed by atoms with Crippen LogP contribution in [0.3, 0.4) is 0 Å². The summed E-state index contributed by atoms with van der Waals surface area (Å²) in [7, 11) is 0. The van der Waals surface area contributed by atoms with Gasteiger partial charge in [-0.15, -0.1) is 0 Å². The Hall–Kier alpha value is -3.94. The van der Waals surface area contributed by atoms with Crippen molar-refractivity contribution in [3.63, 3.8) is 0 Å². The highest BCUT2D eigenvalue weighted by atomic mass is 16.7. The third kappa shape index (κ3) is 5.49. The molecule has 0 bridgehead atoms. The third-order valence-corrected chi connectivity index (χ3v) is 6.30. The van der Waals surface area contributed by atoms with E-state index in [1.165, 1.54) is 13.8 Å². The quantitative estimate of drug-likeness (QED) is 0.141. The van der Waals surface area contributed by atoms with Crippen molar-refractivity contribution in [2.75, 3.05) is 5.32 Å². The minimum atomic E-state index is -1.43. The fourth-order valence-electron chi connectivity index (χ4n) is 4.42. The molecule has 2 heterocycles. The number of carbonyl (C=O) groups is 2. The SMILES string of the molecule is CC1(C)OC(=O)C(C(=Nc2cccc3ncccc23)Nc2cc(C(C)(C)C)c(O)c(C(C)(C)C)c2)C(=O)O1. The van der Waals surface area contributed by atoms with Crippen molar-refractivity contribution in [3.8, 4) is 5.75 Å². The number of pyridine rings is 1. The van der Waals surface area contributed by atoms with Crippen LogP contribution in [0.15, 0.2) is 53.7 Å². The number of nitrogens with zero attached hydrogens (tertiary/aromatic N) is 2. The molecule has 1 saturated heterocycles. The van der Waals surface area contributed by atoms with E-state index >= 15 is 0 Å². The third-order valence-electron chi connectivity index (χ3n) is 6.30. The number of fused-ring (bicyclic) bond motifs is 1. The van der Waals surface area contributed by atoms with Crippen LogP contribution < -0.4 is 5.32 Å². The lowest BCUT2D eigenvalue weighted by Crippen LogP contribution is -2.50. The van der Waals surface area contributed by atoms with Crippen molar-refractivity contribution < 1.29 is 24.2 Å². The van der Waals surface area contributed by atoms with Gasteiger partial charge in [0.25, 0.3) is 5.79 Å². The summed E-state index contributed by atoms with van der Waals surface area (Å²) in [5.41, 5.74) is 2.49. The molecule has 200 valence electrons. The number of cyclic esters (lactones) is 2. The van der Waals surface area contributed by atoms with E-state index in [2.05, 4.69) is 10.3 Å². The molecular weight excluding hydrogens is 482 g/mol. The number of carbonyl (C=O) groups excluding carboxylic acids is 2. The Morgan fingerprint density at radius 3 is 2.08 bits per heavy atom. The van der Waals surface area contributed by atoms with Crippen molar-refractivity contribution in [2.24, 2.45) is 10.9 Å². The maximum absolute atomic E-state index is 13.1. The number of aromatic hydroxyl groups is 1. The number of phenolic OH excluding ortho intramolecular Hbond substituents is 1. The van der Waals surface area contributed by atoms with E-state index in [9.17, 15) is 14.7 Å². The maximum Gasteiger partial charge on any atom is 0.331 e. The average Bonchev–Trinajstić information content (AvgIpc) is 2.77. The summed E-state index contributed by atoms with van der Waals surface area (Å²) >= 11 is 0. The molecule has 8 nitrogen and oxygen atoms in total. The normalized spacial score (nSPS) is 16.8. The largest absolute Gasteiger partial charge is 0.507 e. The van der Waals surface area contributed by atoms with Crippen LogP contribution in [0.2, 0.25) is 0 Å². The van der Waals surface area contributed by atoms with Gasteiger partial charge in [0.05, 0.1) is 11.2 Å². The number of anilines is 1. The van der Waals surface area contributed by atoms with E-state index in [0.717, 1.165) is 22.0 Å². The molecule has 8 heteroatoms. The van der Waals surface area contributed by atoms with Gasteiger partial charge in [0, 0.05) is 42.2 Å². The van der Waals surface area contributed by atoms with Crippen molar-refractivity contribution >= 4 is 40.1 Å². The van der Waals surface area contributed by atoms with Crippen LogP contribution in [0.25, 0.3) is 10.9 Å². The van der Waals surface area contributed by atoms with Crippen LogP contribution in [0, 0.1) is 5.92 Å². The molecule has 1 aliphatic heterocycles. The highest BCUT2D eigenvalue weighted by Gasteiger charge is 2.46. The molecule has 1 aliphatic rings. The second-order valence-electron chi connectivity index (χ2n) is 12.1. The molecule has 3 aromatic rings. The van der Waals surface area contributed by atoms with Crippen molar-refractivity contribution in [2.45, 2.75) is 72.0 Å². The van der Waals surface area contributed by atoms with Gasteiger partial charge in [0.15, 0.2) is 0 Å². The molecule has 0 saturated carbocycles. The lowest BCUT2D eigenvalue weighted by molar-refractivity contribution is -0.235. The second-order valence-corrected chi connectivity index (χ2v) is 12.1. The molecule has 1 aromatic heterocycles. The number of nitrogens with one attached hydrogen (secondary N) is 1. The number of esters is 2. The first-order valence-corrected chi connectivity index (χ1v) is 12.6. The van der Waals surface area contributed by atoms with Gasteiger partial charge in [0.2, 0.25) is 5.92 Å². The van der Waals surface area contributed by atoms with Gasteiger partial charge in [-0.2, -0.15) is 0 Å². The molecule has 0 amide bonds. The second kappa shape index (κ2) is 9.42. The predicted octanol–water partition coefficient (Wildman–Crippen LogP) is 6.13. The Morgan fingerprint density at radius 1 is 0.947 bits per heavy atom. The van der Waals surface area contributed by atoms with Crippen LogP contribution in [0.4, 0.5) is 11.4 Å². The maximum atomic E-state index is 13.1. The first kappa shape index (κ1) is 27.1. The number of ether oxygens (including phenoxy) is 2. The molecule has 4 rings (SSSR count). The summed E-state index contributed by atoms with van der Waals surface area (Å²) in [5, 5.41) is 15.1. The Bertz CT molecular complexity index is 1380. The Labute approximate surface area is 223 Å². The lowest BCUT2D eigenvalue weighted by atomic mass is 9.79. The van der Waals surface area contributed by atoms with Crippen LogP contribution in [-0.4, -0.2) is 33.7 Å². The number of hydrogen-bond acceptors (Lipinski definition) is 7. The zero-order valence-electron chi connectivity index (χ0n) is 23.2. The zero-order valence-corrected chi connectivity index (χ0v) is 23.2. The van der Waals surface area contributed by atoms with E-state index in [1.807, 2.05) is 71.9 Å². The molecule has 1 fully saturated rings. The molecular formula is C30H35N3O5. The highest BCUT2D eigenvalue weighted by molar-refractivity contribution is 6.22. The fourth-order valence-corrected chi connectivity index (χ4v) is 4.42. The summed E-state index contributed by atoms with van der Waals surface area (Å²) in [5.74, 6) is -4.07. The number of aromatic nitrogens is 1. The number of amidine groups is 1. The number of benzene rings is 2. The van der Waals surface area contributed by atoms with Gasteiger partial charge in [-0.05, 0) is 47.2 Å². The summed E-state index contributed by atoms with van der Waals surface area (Å²) < 4.78 is 10.8. The number of rotatable bonds is 3. The average molecular weight is 518 g/mol. The number of aliphatic imine (C=N–C) groups is 1. The molecule has 0 atom stereocenters. The van der Waals surface area contributed by atoms with E-state index in [4.69, 9.17) is 14.5 Å². The lowest BCUT2D eigenvalue weighted by Gasteiger charge is -2.33. The van der Waals surface area contributed by atoms with Crippen LogP contribution in [-0.2, 0) is 29.9 Å². The summed E-state index contributed by atoms with van der Waals surface area (Å²) in [6.07, 6.45) is 1.69. The van der Waals surface area contributed by atoms with Gasteiger partial charge >= 0.3 is 11.9 Å². The first-order chi connectivity index (χ1) is 17.6. The van der Waals surface area contributed by atoms with E-state index in [1.54, 1.807) is 18.3 Å². The van der Waals surface area contributed by atoms with Crippen LogP contribution in [0.1, 0.15) is 66.5 Å². The van der Waals surface area contributed by atoms with Gasteiger partial charge in [-0.1, -0.05) is 47.6 Å². The van der Waals surface area contributed by atoms with Crippen LogP contribution in [0.5, 0.6) is 5.75 Å². The summed E-state index contributed by atoms with van der Waals surface area (Å²) in [6, 6.07) is 12.7. The summed E-state index contributed by atoms with van der Waals surface area (Å²) in [4.78, 5) is 35.4. The number of hydrogen-bond donors (Lipinski definition) is 2. The van der Waals surface area contributed by atoms with Crippen LogP contribution >= 0.6 is 0 Å². The van der Waals surface area contributed by atoms with Crippen molar-refractivity contribution in [3.05, 3.63) is 59.8 Å². The summed E-state index contributed by atoms with van der Waals surface area (Å²) in [6.45, 7) is 15.1. The minimum absolute atomic E-state index is 0.0530. The Kier molecular flexibility index (Phi) is 6.72. The van der Waals surface area contributed by atoms with E-state index < -0.39 is 23.6 Å². The monoisotopic (exact) mass is 517 g/mol. The highest BCUT2D eigenvalue weighted by Crippen LogP contribution is 2.41. The molecule has 0 radical (unpaired) electrons. The topological polar surface area (TPSA) is 110 Å². The molecule has 2 N–H and O–H groups in total. The van der Waals surface area contributed by atoms with Gasteiger partial charge in [-0.25, -0.2) is 4.99 Å². The minimum Gasteiger partial charge on any atom is -0.507 e. The fraction of sp³-hybridized carbons (Fsp3) is 0.400. The smallest absolute Gasteiger partial charge is 0.331 e.